The number of amides is 1. The number of carbonyl (C=O) groups excluding carboxylic acids is 1. The molecule has 0 aliphatic rings. The highest BCUT2D eigenvalue weighted by molar-refractivity contribution is 8.00. The maximum Gasteiger partial charge on any atom is 0.282 e. The van der Waals surface area contributed by atoms with Crippen molar-refractivity contribution >= 4 is 34.5 Å². The van der Waals surface area contributed by atoms with Crippen molar-refractivity contribution in [1.29, 1.82) is 0 Å². The number of nitrogens with one attached hydrogen (secondary N) is 1. The van der Waals surface area contributed by atoms with Crippen LogP contribution in [0.3, 0.4) is 0 Å². The van der Waals surface area contributed by atoms with Gasteiger partial charge in [-0.3, -0.25) is 14.2 Å². The quantitative estimate of drug-likeness (QED) is 0.302. The molecule has 0 fully saturated rings. The minimum atomic E-state index is -0.548. The minimum absolute atomic E-state index is 0.157. The van der Waals surface area contributed by atoms with Crippen molar-refractivity contribution in [1.82, 2.24) is 19.5 Å². The molecule has 174 valence electrons. The van der Waals surface area contributed by atoms with Crippen molar-refractivity contribution in [2.75, 3.05) is 12.4 Å². The SMILES string of the molecule is CCC(Sc1nc2nccnc2c(=O)n1Cc1ccc(OC)cc1)C(=O)Nc1ccc(F)cc1. The van der Waals surface area contributed by atoms with Crippen LogP contribution in [0.15, 0.2) is 70.9 Å². The molecule has 1 atom stereocenters. The molecular formula is C24H22FN5O3S. The summed E-state index contributed by atoms with van der Waals surface area (Å²) in [6.07, 6.45) is 3.39. The normalized spacial score (nSPS) is 11.9. The fourth-order valence-electron chi connectivity index (χ4n) is 3.28. The summed E-state index contributed by atoms with van der Waals surface area (Å²) in [5, 5.41) is 2.60. The Morgan fingerprint density at radius 1 is 1.12 bits per heavy atom. The third-order valence-corrected chi connectivity index (χ3v) is 6.44. The van der Waals surface area contributed by atoms with Crippen molar-refractivity contribution in [2.24, 2.45) is 0 Å². The first-order chi connectivity index (χ1) is 16.5. The molecule has 0 spiro atoms. The molecule has 4 rings (SSSR count). The van der Waals surface area contributed by atoms with Gasteiger partial charge >= 0.3 is 0 Å². The highest BCUT2D eigenvalue weighted by atomic mass is 32.2. The molecule has 0 saturated carbocycles. The number of hydrogen-bond donors (Lipinski definition) is 1. The molecule has 2 heterocycles. The van der Waals surface area contributed by atoms with Gasteiger partial charge in [0.1, 0.15) is 11.6 Å². The lowest BCUT2D eigenvalue weighted by molar-refractivity contribution is -0.115. The molecule has 1 N–H and O–H groups in total. The second kappa shape index (κ2) is 10.4. The van der Waals surface area contributed by atoms with Gasteiger partial charge in [-0.25, -0.2) is 19.3 Å². The number of fused-ring (bicyclic) bond motifs is 1. The number of benzene rings is 2. The molecule has 2 aromatic heterocycles. The van der Waals surface area contributed by atoms with Crippen LogP contribution in [0.2, 0.25) is 0 Å². The Morgan fingerprint density at radius 2 is 1.82 bits per heavy atom. The fourth-order valence-corrected chi connectivity index (χ4v) is 4.28. The molecule has 10 heteroatoms. The summed E-state index contributed by atoms with van der Waals surface area (Å²) in [7, 11) is 1.59. The topological polar surface area (TPSA) is 99.0 Å². The third kappa shape index (κ3) is 5.23. The first-order valence-corrected chi connectivity index (χ1v) is 11.4. The Kier molecular flexibility index (Phi) is 7.17. The Morgan fingerprint density at radius 3 is 2.50 bits per heavy atom. The fraction of sp³-hybridized carbons (Fsp3) is 0.208. The highest BCUT2D eigenvalue weighted by Gasteiger charge is 2.23. The molecular weight excluding hydrogens is 457 g/mol. The summed E-state index contributed by atoms with van der Waals surface area (Å²) >= 11 is 1.18. The van der Waals surface area contributed by atoms with Crippen LogP contribution < -0.4 is 15.6 Å². The molecule has 1 amide bonds. The number of rotatable bonds is 8. The van der Waals surface area contributed by atoms with Gasteiger partial charge in [0.25, 0.3) is 5.56 Å². The first kappa shape index (κ1) is 23.4. The van der Waals surface area contributed by atoms with Crippen molar-refractivity contribution in [3.05, 3.63) is 82.7 Å². The van der Waals surface area contributed by atoms with E-state index in [-0.39, 0.29) is 35.0 Å². The van der Waals surface area contributed by atoms with Gasteiger partial charge < -0.3 is 10.1 Å². The minimum Gasteiger partial charge on any atom is -0.497 e. The second-order valence-corrected chi connectivity index (χ2v) is 8.54. The van der Waals surface area contributed by atoms with Gasteiger partial charge in [0.15, 0.2) is 16.3 Å². The molecule has 8 nitrogen and oxygen atoms in total. The lowest BCUT2D eigenvalue weighted by Gasteiger charge is -2.18. The predicted molar refractivity (Wildman–Crippen MR) is 129 cm³/mol. The van der Waals surface area contributed by atoms with E-state index < -0.39 is 5.25 Å². The van der Waals surface area contributed by atoms with E-state index in [1.54, 1.807) is 7.11 Å². The summed E-state index contributed by atoms with van der Waals surface area (Å²) in [6.45, 7) is 2.11. The van der Waals surface area contributed by atoms with Gasteiger partial charge in [0.2, 0.25) is 5.91 Å². The monoisotopic (exact) mass is 479 g/mol. The Bertz CT molecular complexity index is 1360. The second-order valence-electron chi connectivity index (χ2n) is 7.37. The Hall–Kier alpha value is -3.79. The smallest absolute Gasteiger partial charge is 0.282 e. The van der Waals surface area contributed by atoms with Crippen molar-refractivity contribution in [3.63, 3.8) is 0 Å². The van der Waals surface area contributed by atoms with Gasteiger partial charge in [0.05, 0.1) is 18.9 Å². The maximum atomic E-state index is 13.3. The van der Waals surface area contributed by atoms with Gasteiger partial charge in [-0.15, -0.1) is 0 Å². The van der Waals surface area contributed by atoms with Gasteiger partial charge in [-0.05, 0) is 48.4 Å². The standard InChI is InChI=1S/C24H22FN5O3S/c1-3-19(22(31)28-17-8-6-16(25)7-9-17)34-24-29-21-20(26-12-13-27-21)23(32)30(24)14-15-4-10-18(33-2)11-5-15/h4-13,19H,3,14H2,1-2H3,(H,28,31). The largest absolute Gasteiger partial charge is 0.497 e. The summed E-state index contributed by atoms with van der Waals surface area (Å²) in [4.78, 5) is 39.1. The predicted octanol–water partition coefficient (Wildman–Crippen LogP) is 3.89. The van der Waals surface area contributed by atoms with E-state index in [4.69, 9.17) is 4.74 Å². The van der Waals surface area contributed by atoms with Gasteiger partial charge in [-0.2, -0.15) is 0 Å². The molecule has 34 heavy (non-hydrogen) atoms. The van der Waals surface area contributed by atoms with E-state index >= 15 is 0 Å². The van der Waals surface area contributed by atoms with E-state index in [1.807, 2.05) is 31.2 Å². The zero-order valence-corrected chi connectivity index (χ0v) is 19.4. The highest BCUT2D eigenvalue weighted by Crippen LogP contribution is 2.26. The zero-order valence-electron chi connectivity index (χ0n) is 18.6. The third-order valence-electron chi connectivity index (χ3n) is 5.08. The lowest BCUT2D eigenvalue weighted by Crippen LogP contribution is -2.29. The van der Waals surface area contributed by atoms with Crippen LogP contribution in [0, 0.1) is 5.82 Å². The van der Waals surface area contributed by atoms with Crippen LogP contribution in [0.4, 0.5) is 10.1 Å². The number of aromatic nitrogens is 4. The van der Waals surface area contributed by atoms with Crippen LogP contribution in [-0.2, 0) is 11.3 Å². The van der Waals surface area contributed by atoms with E-state index in [1.165, 1.54) is 53.0 Å². The van der Waals surface area contributed by atoms with Crippen molar-refractivity contribution in [2.45, 2.75) is 30.3 Å². The van der Waals surface area contributed by atoms with E-state index in [2.05, 4.69) is 20.3 Å². The summed E-state index contributed by atoms with van der Waals surface area (Å²) in [6, 6.07) is 12.9. The number of ether oxygens (including phenoxy) is 1. The Labute approximate surface area is 199 Å². The lowest BCUT2D eigenvalue weighted by atomic mass is 10.2. The van der Waals surface area contributed by atoms with Crippen molar-refractivity contribution < 1.29 is 13.9 Å². The van der Waals surface area contributed by atoms with E-state index in [0.717, 1.165) is 5.56 Å². The molecule has 2 aromatic carbocycles. The number of anilines is 1. The van der Waals surface area contributed by atoms with E-state index in [9.17, 15) is 14.0 Å². The zero-order chi connectivity index (χ0) is 24.1. The van der Waals surface area contributed by atoms with Gasteiger partial charge in [-0.1, -0.05) is 30.8 Å². The van der Waals surface area contributed by atoms with Crippen LogP contribution >= 0.6 is 11.8 Å². The number of methoxy groups -OCH3 is 1. The average Bonchev–Trinajstić information content (AvgIpc) is 2.86. The van der Waals surface area contributed by atoms with E-state index in [0.29, 0.717) is 23.0 Å². The number of nitrogens with zero attached hydrogens (tertiary/aromatic N) is 4. The summed E-state index contributed by atoms with van der Waals surface area (Å²) in [5.41, 5.74) is 1.38. The summed E-state index contributed by atoms with van der Waals surface area (Å²) in [5.74, 6) is 0.0451. The molecule has 0 bridgehead atoms. The molecule has 0 aliphatic carbocycles. The number of halogens is 1. The summed E-state index contributed by atoms with van der Waals surface area (Å²) < 4.78 is 19.9. The van der Waals surface area contributed by atoms with Crippen LogP contribution in [-0.4, -0.2) is 37.8 Å². The maximum absolute atomic E-state index is 13.3. The average molecular weight is 480 g/mol. The molecule has 1 unspecified atom stereocenters. The molecule has 0 saturated heterocycles. The van der Waals surface area contributed by atoms with Crippen LogP contribution in [0.25, 0.3) is 11.2 Å². The number of thioether (sulfide) groups is 1. The Balaban J connectivity index is 1.67. The van der Waals surface area contributed by atoms with Gasteiger partial charge in [0, 0.05) is 18.1 Å². The molecule has 4 aromatic rings. The number of carbonyl (C=O) groups is 1. The van der Waals surface area contributed by atoms with Crippen molar-refractivity contribution in [3.8, 4) is 5.75 Å². The van der Waals surface area contributed by atoms with Crippen LogP contribution in [0.1, 0.15) is 18.9 Å². The molecule has 0 radical (unpaired) electrons. The first-order valence-electron chi connectivity index (χ1n) is 10.6. The number of hydrogen-bond acceptors (Lipinski definition) is 7. The molecule has 0 aliphatic heterocycles. The van der Waals surface area contributed by atoms with Crippen LogP contribution in [0.5, 0.6) is 5.75 Å².